The van der Waals surface area contributed by atoms with E-state index < -0.39 is 12.1 Å². The molecule has 1 N–H and O–H groups in total. The molecule has 1 fully saturated rings. The van der Waals surface area contributed by atoms with E-state index in [0.29, 0.717) is 12.8 Å². The van der Waals surface area contributed by atoms with Gasteiger partial charge in [-0.05, 0) is 25.7 Å². The van der Waals surface area contributed by atoms with E-state index in [1.54, 1.807) is 0 Å². The average Bonchev–Trinajstić information content (AvgIpc) is 2.86. The Kier molecular flexibility index (Phi) is 5.38. The van der Waals surface area contributed by atoms with Gasteiger partial charge in [-0.2, -0.15) is 13.2 Å². The minimum absolute atomic E-state index is 0.0463. The van der Waals surface area contributed by atoms with E-state index in [2.05, 4.69) is 31.1 Å². The van der Waals surface area contributed by atoms with Crippen molar-refractivity contribution in [2.24, 2.45) is 5.92 Å². The number of thiazole rings is 1. The number of nitrogens with zero attached hydrogens (tertiary/aromatic N) is 1. The second-order valence-corrected chi connectivity index (χ2v) is 8.09. The number of carbonyl (C=O) groups excluding carboxylic acids is 1. The van der Waals surface area contributed by atoms with Gasteiger partial charge in [-0.25, -0.2) is 4.98 Å². The van der Waals surface area contributed by atoms with Gasteiger partial charge in [0, 0.05) is 16.8 Å². The summed E-state index contributed by atoms with van der Waals surface area (Å²) < 4.78 is 37.9. The van der Waals surface area contributed by atoms with Gasteiger partial charge in [-0.3, -0.25) is 4.79 Å². The summed E-state index contributed by atoms with van der Waals surface area (Å²) in [5.74, 6) is -1.38. The summed E-state index contributed by atoms with van der Waals surface area (Å²) in [6, 6.07) is -0.151. The van der Waals surface area contributed by atoms with Crippen LogP contribution < -0.4 is 5.32 Å². The van der Waals surface area contributed by atoms with Crippen molar-refractivity contribution in [1.82, 2.24) is 10.3 Å². The third kappa shape index (κ3) is 5.19. The van der Waals surface area contributed by atoms with E-state index in [9.17, 15) is 18.0 Å². The van der Waals surface area contributed by atoms with Crippen LogP contribution in [0.4, 0.5) is 13.2 Å². The number of hydrogen-bond donors (Lipinski definition) is 1. The van der Waals surface area contributed by atoms with Crippen molar-refractivity contribution >= 4 is 17.2 Å². The fraction of sp³-hybridized carbons (Fsp3) is 0.750. The molecule has 130 valence electrons. The molecule has 0 bridgehead atoms. The van der Waals surface area contributed by atoms with Crippen LogP contribution in [0.15, 0.2) is 5.38 Å². The van der Waals surface area contributed by atoms with Crippen molar-refractivity contribution in [3.05, 3.63) is 16.1 Å². The second kappa shape index (κ2) is 6.79. The molecule has 1 aromatic rings. The molecule has 0 spiro atoms. The lowest BCUT2D eigenvalue weighted by molar-refractivity contribution is -0.182. The smallest absolute Gasteiger partial charge is 0.353 e. The Morgan fingerprint density at radius 3 is 2.35 bits per heavy atom. The van der Waals surface area contributed by atoms with Gasteiger partial charge in [0.05, 0.1) is 23.0 Å². The van der Waals surface area contributed by atoms with E-state index in [0.717, 1.165) is 10.7 Å². The lowest BCUT2D eigenvalue weighted by Crippen LogP contribution is -2.40. The van der Waals surface area contributed by atoms with Gasteiger partial charge in [0.1, 0.15) is 0 Å². The van der Waals surface area contributed by atoms with Crippen molar-refractivity contribution in [3.8, 4) is 0 Å². The fourth-order valence-corrected chi connectivity index (χ4v) is 3.65. The van der Waals surface area contributed by atoms with Crippen LogP contribution in [-0.4, -0.2) is 23.1 Å². The highest BCUT2D eigenvalue weighted by Gasteiger charge is 2.41. The van der Waals surface area contributed by atoms with Crippen LogP contribution in [0.2, 0.25) is 0 Å². The molecule has 7 heteroatoms. The van der Waals surface area contributed by atoms with Crippen LogP contribution >= 0.6 is 11.3 Å². The summed E-state index contributed by atoms with van der Waals surface area (Å²) in [5.41, 5.74) is 0.677. The monoisotopic (exact) mass is 348 g/mol. The molecule has 1 heterocycles. The standard InChI is InChI=1S/C16H23F3N2OS/c1-15(2,3)14-21-12(9-23-14)8-13(22)20-11-6-4-10(5-7-11)16(17,18)19/h9-11H,4-8H2,1-3H3,(H,20,22). The molecule has 1 saturated carbocycles. The minimum Gasteiger partial charge on any atom is -0.353 e. The van der Waals surface area contributed by atoms with Gasteiger partial charge in [0.25, 0.3) is 0 Å². The maximum absolute atomic E-state index is 12.6. The lowest BCUT2D eigenvalue weighted by atomic mass is 9.85. The average molecular weight is 348 g/mol. The fourth-order valence-electron chi connectivity index (χ4n) is 2.74. The third-order valence-electron chi connectivity index (χ3n) is 4.09. The highest BCUT2D eigenvalue weighted by molar-refractivity contribution is 7.09. The first-order chi connectivity index (χ1) is 10.6. The normalized spacial score (nSPS) is 22.9. The Hall–Kier alpha value is -1.11. The zero-order valence-corrected chi connectivity index (χ0v) is 14.5. The maximum Gasteiger partial charge on any atom is 0.391 e. The van der Waals surface area contributed by atoms with E-state index in [4.69, 9.17) is 0 Å². The molecule has 1 aromatic heterocycles. The van der Waals surface area contributed by atoms with E-state index >= 15 is 0 Å². The predicted molar refractivity (Wildman–Crippen MR) is 84.5 cm³/mol. The van der Waals surface area contributed by atoms with E-state index in [1.165, 1.54) is 11.3 Å². The molecule has 0 aliphatic heterocycles. The maximum atomic E-state index is 12.6. The molecule has 0 saturated heterocycles. The molecule has 1 aliphatic rings. The molecule has 0 unspecified atom stereocenters. The summed E-state index contributed by atoms with van der Waals surface area (Å²) in [4.78, 5) is 16.5. The summed E-state index contributed by atoms with van der Waals surface area (Å²) in [7, 11) is 0. The third-order valence-corrected chi connectivity index (χ3v) is 5.41. The Labute approximate surface area is 138 Å². The van der Waals surface area contributed by atoms with Crippen molar-refractivity contribution in [2.45, 2.75) is 70.5 Å². The molecule has 0 aromatic carbocycles. The number of amides is 1. The van der Waals surface area contributed by atoms with Gasteiger partial charge < -0.3 is 5.32 Å². The van der Waals surface area contributed by atoms with Gasteiger partial charge >= 0.3 is 6.18 Å². The molecule has 2 rings (SSSR count). The van der Waals surface area contributed by atoms with Gasteiger partial charge in [0.15, 0.2) is 0 Å². The summed E-state index contributed by atoms with van der Waals surface area (Å²) in [6.45, 7) is 6.19. The minimum atomic E-state index is -4.11. The number of nitrogens with one attached hydrogen (secondary N) is 1. The van der Waals surface area contributed by atoms with E-state index in [1.807, 2.05) is 5.38 Å². The SMILES string of the molecule is CC(C)(C)c1nc(CC(=O)NC2CCC(C(F)(F)F)CC2)cs1. The first-order valence-corrected chi connectivity index (χ1v) is 8.74. The number of hydrogen-bond acceptors (Lipinski definition) is 3. The molecule has 1 amide bonds. The van der Waals surface area contributed by atoms with Crippen molar-refractivity contribution in [3.63, 3.8) is 0 Å². The summed E-state index contributed by atoms with van der Waals surface area (Å²) in [5, 5.41) is 5.70. The highest BCUT2D eigenvalue weighted by atomic mass is 32.1. The van der Waals surface area contributed by atoms with Crippen LogP contribution in [0, 0.1) is 5.92 Å². The quantitative estimate of drug-likeness (QED) is 0.889. The van der Waals surface area contributed by atoms with Crippen LogP contribution in [0.3, 0.4) is 0 Å². The van der Waals surface area contributed by atoms with Crippen molar-refractivity contribution in [1.29, 1.82) is 0 Å². The van der Waals surface area contributed by atoms with Crippen LogP contribution in [0.5, 0.6) is 0 Å². The summed E-state index contributed by atoms with van der Waals surface area (Å²) >= 11 is 1.53. The largest absolute Gasteiger partial charge is 0.391 e. The van der Waals surface area contributed by atoms with Crippen molar-refractivity contribution < 1.29 is 18.0 Å². The Bertz CT molecular complexity index is 540. The topological polar surface area (TPSA) is 42.0 Å². The molecule has 1 aliphatic carbocycles. The molecule has 0 radical (unpaired) electrons. The number of alkyl halides is 3. The van der Waals surface area contributed by atoms with Gasteiger partial charge in [0.2, 0.25) is 5.91 Å². The number of aromatic nitrogens is 1. The van der Waals surface area contributed by atoms with Gasteiger partial charge in [-0.15, -0.1) is 11.3 Å². The Balaban J connectivity index is 1.81. The highest BCUT2D eigenvalue weighted by Crippen LogP contribution is 2.37. The van der Waals surface area contributed by atoms with Gasteiger partial charge in [-0.1, -0.05) is 20.8 Å². The number of carbonyl (C=O) groups is 1. The first-order valence-electron chi connectivity index (χ1n) is 7.86. The Morgan fingerprint density at radius 2 is 1.87 bits per heavy atom. The second-order valence-electron chi connectivity index (χ2n) is 7.23. The first kappa shape index (κ1) is 18.2. The Morgan fingerprint density at radius 1 is 1.26 bits per heavy atom. The molecule has 0 atom stereocenters. The van der Waals surface area contributed by atoms with Crippen LogP contribution in [-0.2, 0) is 16.6 Å². The molecule has 23 heavy (non-hydrogen) atoms. The van der Waals surface area contributed by atoms with Crippen LogP contribution in [0.25, 0.3) is 0 Å². The lowest BCUT2D eigenvalue weighted by Gasteiger charge is -2.30. The van der Waals surface area contributed by atoms with Crippen molar-refractivity contribution in [2.75, 3.05) is 0 Å². The zero-order chi connectivity index (χ0) is 17.3. The molecule has 3 nitrogen and oxygen atoms in total. The number of halogens is 3. The number of rotatable bonds is 3. The predicted octanol–water partition coefficient (Wildman–Crippen LogP) is 4.22. The molecular formula is C16H23F3N2OS. The molecular weight excluding hydrogens is 325 g/mol. The zero-order valence-electron chi connectivity index (χ0n) is 13.7. The van der Waals surface area contributed by atoms with Crippen LogP contribution in [0.1, 0.15) is 57.2 Å². The summed E-state index contributed by atoms with van der Waals surface area (Å²) in [6.07, 6.45) is -2.95. The van der Waals surface area contributed by atoms with E-state index in [-0.39, 0.29) is 36.6 Å².